The van der Waals surface area contributed by atoms with Crippen LogP contribution in [0.5, 0.6) is 0 Å². The first-order valence-corrected chi connectivity index (χ1v) is 12.1. The van der Waals surface area contributed by atoms with E-state index in [9.17, 15) is 14.9 Å². The third kappa shape index (κ3) is 4.28. The molecular formula is C24H38N4O3. The summed E-state index contributed by atoms with van der Waals surface area (Å²) in [6, 6.07) is 2.17. The smallest absolute Gasteiger partial charge is 0.410 e. The van der Waals surface area contributed by atoms with E-state index in [-0.39, 0.29) is 42.2 Å². The molecular weight excluding hydrogens is 392 g/mol. The zero-order valence-corrected chi connectivity index (χ0v) is 19.5. The van der Waals surface area contributed by atoms with Crippen LogP contribution in [0.25, 0.3) is 0 Å². The zero-order valence-electron chi connectivity index (χ0n) is 19.5. The van der Waals surface area contributed by atoms with Gasteiger partial charge in [-0.3, -0.25) is 4.79 Å². The van der Waals surface area contributed by atoms with E-state index in [2.05, 4.69) is 11.4 Å². The molecule has 7 heteroatoms. The van der Waals surface area contributed by atoms with Crippen molar-refractivity contribution >= 4 is 12.0 Å². The highest BCUT2D eigenvalue weighted by Gasteiger charge is 2.60. The van der Waals surface area contributed by atoms with Crippen molar-refractivity contribution in [1.82, 2.24) is 15.1 Å². The van der Waals surface area contributed by atoms with Crippen molar-refractivity contribution in [3.63, 3.8) is 0 Å². The number of nitrogens with one attached hydrogen (secondary N) is 1. The monoisotopic (exact) mass is 430 g/mol. The second-order valence-electron chi connectivity index (χ2n) is 11.1. The summed E-state index contributed by atoms with van der Waals surface area (Å²) in [5.74, 6) is 1.11. The van der Waals surface area contributed by atoms with Gasteiger partial charge in [-0.05, 0) is 84.5 Å². The summed E-state index contributed by atoms with van der Waals surface area (Å²) in [5.41, 5.74) is -0.551. The van der Waals surface area contributed by atoms with Crippen LogP contribution in [-0.2, 0) is 9.53 Å². The summed E-state index contributed by atoms with van der Waals surface area (Å²) in [6.45, 7) is 9.07. The van der Waals surface area contributed by atoms with Crippen molar-refractivity contribution in [3.05, 3.63) is 0 Å². The van der Waals surface area contributed by atoms with Crippen molar-refractivity contribution in [1.29, 1.82) is 5.26 Å². The summed E-state index contributed by atoms with van der Waals surface area (Å²) in [4.78, 5) is 29.5. The lowest BCUT2D eigenvalue weighted by Gasteiger charge is -2.61. The Morgan fingerprint density at radius 3 is 2.39 bits per heavy atom. The van der Waals surface area contributed by atoms with Gasteiger partial charge in [0.1, 0.15) is 11.6 Å². The van der Waals surface area contributed by atoms with Gasteiger partial charge in [0.2, 0.25) is 5.91 Å². The molecule has 5 aliphatic rings. The Morgan fingerprint density at radius 1 is 1.16 bits per heavy atom. The standard InChI is InChI=1S/C24H38N4O3/c1-16(2)28(17(3)4)22(30)31-24-11-18-8-19(12-24)10-23(9-18,15-24)26-14-21(29)27-7-5-6-20(27)13-25/h16-20,26H,5-12,14-15H2,1-4H3/t18?,19?,20-,23?,24?/m0/s1. The lowest BCUT2D eigenvalue weighted by atomic mass is 9.51. The molecule has 0 spiro atoms. The second kappa shape index (κ2) is 8.27. The molecule has 1 N–H and O–H groups in total. The Bertz CT molecular complexity index is 736. The molecule has 0 radical (unpaired) electrons. The molecule has 0 aromatic rings. The summed E-state index contributed by atoms with van der Waals surface area (Å²) in [6.07, 6.45) is 7.46. The molecule has 2 unspecified atom stereocenters. The lowest BCUT2D eigenvalue weighted by Crippen LogP contribution is -2.67. The topological polar surface area (TPSA) is 85.7 Å². The van der Waals surface area contributed by atoms with Crippen LogP contribution in [0.1, 0.15) is 79.1 Å². The van der Waals surface area contributed by atoms with Crippen LogP contribution in [0.15, 0.2) is 0 Å². The molecule has 5 rings (SSSR count). The summed E-state index contributed by atoms with van der Waals surface area (Å²) in [7, 11) is 0. The normalized spacial score (nSPS) is 36.2. The Morgan fingerprint density at radius 2 is 1.81 bits per heavy atom. The number of carbonyl (C=O) groups is 2. The first kappa shape index (κ1) is 22.4. The van der Waals surface area contributed by atoms with Crippen LogP contribution in [0.4, 0.5) is 4.79 Å². The molecule has 4 saturated carbocycles. The fraction of sp³-hybridized carbons (Fsp3) is 0.875. The van der Waals surface area contributed by atoms with E-state index in [4.69, 9.17) is 4.74 Å². The van der Waals surface area contributed by atoms with Crippen LogP contribution < -0.4 is 5.32 Å². The molecule has 0 aromatic carbocycles. The Labute approximate surface area is 186 Å². The lowest BCUT2D eigenvalue weighted by molar-refractivity contribution is -0.154. The van der Waals surface area contributed by atoms with Crippen LogP contribution in [0.3, 0.4) is 0 Å². The van der Waals surface area contributed by atoms with Crippen LogP contribution in [0, 0.1) is 23.2 Å². The molecule has 3 atom stereocenters. The molecule has 31 heavy (non-hydrogen) atoms. The van der Waals surface area contributed by atoms with Gasteiger partial charge in [-0.1, -0.05) is 0 Å². The van der Waals surface area contributed by atoms with E-state index in [0.717, 1.165) is 44.9 Å². The van der Waals surface area contributed by atoms with Gasteiger partial charge < -0.3 is 19.9 Å². The number of amides is 2. The zero-order chi connectivity index (χ0) is 22.4. The SMILES string of the molecule is CC(C)N(C(=O)OC12CC3CC(CC(NCC(=O)N4CCC[C@H]4C#N)(C3)C1)C2)C(C)C. The van der Waals surface area contributed by atoms with Gasteiger partial charge in [-0.15, -0.1) is 0 Å². The van der Waals surface area contributed by atoms with Gasteiger partial charge in [0.05, 0.1) is 12.6 Å². The average molecular weight is 431 g/mol. The van der Waals surface area contributed by atoms with Crippen molar-refractivity contribution in [2.24, 2.45) is 11.8 Å². The average Bonchev–Trinajstić information content (AvgIpc) is 3.12. The molecule has 1 aliphatic heterocycles. The van der Waals surface area contributed by atoms with Gasteiger partial charge in [-0.2, -0.15) is 5.26 Å². The van der Waals surface area contributed by atoms with Crippen molar-refractivity contribution in [2.45, 2.75) is 108 Å². The highest BCUT2D eigenvalue weighted by atomic mass is 16.6. The van der Waals surface area contributed by atoms with Gasteiger partial charge in [0, 0.05) is 30.6 Å². The fourth-order valence-corrected chi connectivity index (χ4v) is 7.32. The fourth-order valence-electron chi connectivity index (χ4n) is 7.32. The predicted octanol–water partition coefficient (Wildman–Crippen LogP) is 3.44. The summed E-state index contributed by atoms with van der Waals surface area (Å²) >= 11 is 0. The molecule has 0 aromatic heterocycles. The van der Waals surface area contributed by atoms with Crippen molar-refractivity contribution in [3.8, 4) is 6.07 Å². The molecule has 172 valence electrons. The third-order valence-corrected chi connectivity index (χ3v) is 7.97. The number of nitrogens with zero attached hydrogens (tertiary/aromatic N) is 3. The van der Waals surface area contributed by atoms with E-state index < -0.39 is 5.60 Å². The Kier molecular flexibility index (Phi) is 5.97. The van der Waals surface area contributed by atoms with Crippen LogP contribution >= 0.6 is 0 Å². The molecule has 1 heterocycles. The number of nitriles is 1. The quantitative estimate of drug-likeness (QED) is 0.698. The van der Waals surface area contributed by atoms with E-state index in [0.29, 0.717) is 18.4 Å². The minimum Gasteiger partial charge on any atom is -0.443 e. The summed E-state index contributed by atoms with van der Waals surface area (Å²) in [5, 5.41) is 12.9. The molecule has 7 nitrogen and oxygen atoms in total. The van der Waals surface area contributed by atoms with Crippen molar-refractivity contribution in [2.75, 3.05) is 13.1 Å². The van der Waals surface area contributed by atoms with Gasteiger partial charge in [-0.25, -0.2) is 4.79 Å². The van der Waals surface area contributed by atoms with E-state index in [1.807, 2.05) is 32.6 Å². The van der Waals surface area contributed by atoms with E-state index >= 15 is 0 Å². The van der Waals surface area contributed by atoms with Crippen molar-refractivity contribution < 1.29 is 14.3 Å². The highest BCUT2D eigenvalue weighted by Crippen LogP contribution is 2.59. The Hall–Kier alpha value is -1.81. The minimum atomic E-state index is -0.415. The maximum absolute atomic E-state index is 13.1. The summed E-state index contributed by atoms with van der Waals surface area (Å²) < 4.78 is 6.31. The number of hydrogen-bond acceptors (Lipinski definition) is 5. The van der Waals surface area contributed by atoms with Crippen LogP contribution in [-0.4, -0.2) is 64.2 Å². The maximum atomic E-state index is 13.1. The van der Waals surface area contributed by atoms with Gasteiger partial charge >= 0.3 is 6.09 Å². The van der Waals surface area contributed by atoms with E-state index in [1.54, 1.807) is 4.90 Å². The number of rotatable bonds is 6. The molecule has 4 aliphatic carbocycles. The second-order valence-corrected chi connectivity index (χ2v) is 11.1. The first-order chi connectivity index (χ1) is 14.7. The number of ether oxygens (including phenoxy) is 1. The molecule has 2 amide bonds. The number of hydrogen-bond donors (Lipinski definition) is 1. The third-order valence-electron chi connectivity index (χ3n) is 7.97. The van der Waals surface area contributed by atoms with Gasteiger partial charge in [0.25, 0.3) is 0 Å². The largest absolute Gasteiger partial charge is 0.443 e. The molecule has 4 bridgehead atoms. The van der Waals surface area contributed by atoms with Crippen LogP contribution in [0.2, 0.25) is 0 Å². The van der Waals surface area contributed by atoms with E-state index in [1.165, 1.54) is 6.42 Å². The minimum absolute atomic E-state index is 0.0247. The Balaban J connectivity index is 1.45. The first-order valence-electron chi connectivity index (χ1n) is 12.1. The predicted molar refractivity (Wildman–Crippen MR) is 117 cm³/mol. The highest BCUT2D eigenvalue weighted by molar-refractivity contribution is 5.79. The molecule has 5 fully saturated rings. The van der Waals surface area contributed by atoms with Gasteiger partial charge in [0.15, 0.2) is 0 Å². The number of likely N-dealkylation sites (tertiary alicyclic amines) is 1. The molecule has 1 saturated heterocycles. The number of carbonyl (C=O) groups excluding carboxylic acids is 2. The maximum Gasteiger partial charge on any atom is 0.410 e.